The molecule has 1 aromatic rings. The maximum atomic E-state index is 12.7. The SMILES string of the molecule is COC(=O)c1sccc1S(=O)(=O)N1CCCC(CCO)C1. The molecular weight excluding hydrogens is 314 g/mol. The van der Waals surface area contributed by atoms with E-state index in [2.05, 4.69) is 4.74 Å². The molecule has 2 rings (SSSR count). The number of ether oxygens (including phenoxy) is 1. The minimum Gasteiger partial charge on any atom is -0.465 e. The van der Waals surface area contributed by atoms with Gasteiger partial charge in [-0.05, 0) is 36.6 Å². The van der Waals surface area contributed by atoms with E-state index in [1.807, 2.05) is 0 Å². The number of hydrogen-bond acceptors (Lipinski definition) is 6. The fourth-order valence-corrected chi connectivity index (χ4v) is 5.41. The number of nitrogens with zero attached hydrogens (tertiary/aromatic N) is 1. The first-order chi connectivity index (χ1) is 10.0. The van der Waals surface area contributed by atoms with Crippen molar-refractivity contribution in [1.29, 1.82) is 0 Å². The Bertz CT molecular complexity index is 593. The van der Waals surface area contributed by atoms with E-state index in [0.29, 0.717) is 19.5 Å². The zero-order valence-corrected chi connectivity index (χ0v) is 13.5. The van der Waals surface area contributed by atoms with Crippen LogP contribution in [-0.2, 0) is 14.8 Å². The van der Waals surface area contributed by atoms with Gasteiger partial charge in [-0.3, -0.25) is 0 Å². The van der Waals surface area contributed by atoms with Gasteiger partial charge in [0.15, 0.2) is 0 Å². The van der Waals surface area contributed by atoms with Gasteiger partial charge in [0.2, 0.25) is 10.0 Å². The second-order valence-corrected chi connectivity index (χ2v) is 7.81. The summed E-state index contributed by atoms with van der Waals surface area (Å²) in [7, 11) is -2.46. The molecule has 21 heavy (non-hydrogen) atoms. The number of carbonyl (C=O) groups is 1. The van der Waals surface area contributed by atoms with Crippen LogP contribution in [0.5, 0.6) is 0 Å². The molecule has 1 unspecified atom stereocenters. The lowest BCUT2D eigenvalue weighted by molar-refractivity contribution is 0.0602. The molecule has 1 fully saturated rings. The second-order valence-electron chi connectivity index (χ2n) is 4.99. The topological polar surface area (TPSA) is 83.9 Å². The van der Waals surface area contributed by atoms with Crippen molar-refractivity contribution in [3.8, 4) is 0 Å². The first-order valence-electron chi connectivity index (χ1n) is 6.77. The van der Waals surface area contributed by atoms with Crippen LogP contribution in [0.1, 0.15) is 28.9 Å². The van der Waals surface area contributed by atoms with Crippen molar-refractivity contribution in [2.75, 3.05) is 26.8 Å². The summed E-state index contributed by atoms with van der Waals surface area (Å²) in [6.45, 7) is 0.893. The van der Waals surface area contributed by atoms with E-state index in [-0.39, 0.29) is 22.3 Å². The molecule has 0 amide bonds. The summed E-state index contributed by atoms with van der Waals surface area (Å²) >= 11 is 1.06. The number of piperidine rings is 1. The third kappa shape index (κ3) is 3.45. The number of rotatable bonds is 5. The number of esters is 1. The Morgan fingerprint density at radius 2 is 2.33 bits per heavy atom. The molecule has 118 valence electrons. The van der Waals surface area contributed by atoms with Crippen molar-refractivity contribution in [3.05, 3.63) is 16.3 Å². The van der Waals surface area contributed by atoms with Crippen LogP contribution in [0.15, 0.2) is 16.3 Å². The minimum atomic E-state index is -3.69. The molecule has 1 atom stereocenters. The predicted octanol–water partition coefficient (Wildman–Crippen LogP) is 1.32. The van der Waals surface area contributed by atoms with Gasteiger partial charge < -0.3 is 9.84 Å². The summed E-state index contributed by atoms with van der Waals surface area (Å²) in [4.78, 5) is 11.8. The van der Waals surface area contributed by atoms with Crippen LogP contribution >= 0.6 is 11.3 Å². The summed E-state index contributed by atoms with van der Waals surface area (Å²) < 4.78 is 31.4. The molecule has 6 nitrogen and oxygen atoms in total. The van der Waals surface area contributed by atoms with Crippen molar-refractivity contribution in [2.24, 2.45) is 5.92 Å². The third-order valence-electron chi connectivity index (χ3n) is 3.64. The largest absolute Gasteiger partial charge is 0.465 e. The predicted molar refractivity (Wildman–Crippen MR) is 78.8 cm³/mol. The molecule has 0 bridgehead atoms. The molecule has 0 aliphatic carbocycles. The van der Waals surface area contributed by atoms with Crippen molar-refractivity contribution in [1.82, 2.24) is 4.31 Å². The Morgan fingerprint density at radius 1 is 1.57 bits per heavy atom. The molecule has 0 radical (unpaired) electrons. The number of thiophene rings is 1. The van der Waals surface area contributed by atoms with Crippen molar-refractivity contribution in [3.63, 3.8) is 0 Å². The zero-order chi connectivity index (χ0) is 15.5. The summed E-state index contributed by atoms with van der Waals surface area (Å²) in [5, 5.41) is 10.6. The van der Waals surface area contributed by atoms with Gasteiger partial charge in [-0.15, -0.1) is 11.3 Å². The summed E-state index contributed by atoms with van der Waals surface area (Å²) in [5.41, 5.74) is 0. The van der Waals surface area contributed by atoms with E-state index in [0.717, 1.165) is 24.2 Å². The molecule has 8 heteroatoms. The zero-order valence-electron chi connectivity index (χ0n) is 11.8. The van der Waals surface area contributed by atoms with Crippen LogP contribution in [0.2, 0.25) is 0 Å². The fraction of sp³-hybridized carbons (Fsp3) is 0.615. The monoisotopic (exact) mass is 333 g/mol. The van der Waals surface area contributed by atoms with Crippen molar-refractivity contribution >= 4 is 27.3 Å². The fourth-order valence-electron chi connectivity index (χ4n) is 2.54. The Hall–Kier alpha value is -0.960. The third-order valence-corrected chi connectivity index (χ3v) is 6.57. The van der Waals surface area contributed by atoms with Crippen LogP contribution in [0, 0.1) is 5.92 Å². The van der Waals surface area contributed by atoms with Crippen LogP contribution in [0.4, 0.5) is 0 Å². The highest BCUT2D eigenvalue weighted by Gasteiger charge is 2.33. The lowest BCUT2D eigenvalue weighted by Crippen LogP contribution is -2.40. The molecule has 1 aliphatic rings. The highest BCUT2D eigenvalue weighted by molar-refractivity contribution is 7.89. The Kier molecular flexibility index (Phi) is 5.37. The van der Waals surface area contributed by atoms with E-state index in [1.54, 1.807) is 5.38 Å². The van der Waals surface area contributed by atoms with Crippen LogP contribution in [-0.4, -0.2) is 50.6 Å². The average molecular weight is 333 g/mol. The molecule has 0 saturated carbocycles. The van der Waals surface area contributed by atoms with Crippen LogP contribution in [0.3, 0.4) is 0 Å². The number of aliphatic hydroxyl groups is 1. The first-order valence-corrected chi connectivity index (χ1v) is 9.09. The lowest BCUT2D eigenvalue weighted by atomic mass is 9.97. The Balaban J connectivity index is 2.26. The molecule has 1 N–H and O–H groups in total. The second kappa shape index (κ2) is 6.87. The minimum absolute atomic E-state index is 0.0176. The quantitative estimate of drug-likeness (QED) is 0.822. The van der Waals surface area contributed by atoms with Gasteiger partial charge in [0.1, 0.15) is 9.77 Å². The van der Waals surface area contributed by atoms with Gasteiger partial charge in [0, 0.05) is 19.7 Å². The Morgan fingerprint density at radius 3 is 3.00 bits per heavy atom. The van der Waals surface area contributed by atoms with E-state index in [9.17, 15) is 13.2 Å². The van der Waals surface area contributed by atoms with E-state index >= 15 is 0 Å². The molecule has 1 saturated heterocycles. The number of sulfonamides is 1. The number of carbonyl (C=O) groups excluding carboxylic acids is 1. The van der Waals surface area contributed by atoms with E-state index in [4.69, 9.17) is 5.11 Å². The normalized spacial score (nSPS) is 20.4. The molecule has 0 aromatic carbocycles. The van der Waals surface area contributed by atoms with E-state index < -0.39 is 16.0 Å². The highest BCUT2D eigenvalue weighted by atomic mass is 32.2. The maximum Gasteiger partial charge on any atom is 0.349 e. The Labute approximate surface area is 128 Å². The summed E-state index contributed by atoms with van der Waals surface area (Å²) in [5.74, 6) is -0.466. The van der Waals surface area contributed by atoms with Gasteiger partial charge in [-0.2, -0.15) is 4.31 Å². The maximum absolute atomic E-state index is 12.7. The number of aliphatic hydroxyl groups excluding tert-OH is 1. The summed E-state index contributed by atoms with van der Waals surface area (Å²) in [6.07, 6.45) is 2.28. The molecule has 1 aliphatic heterocycles. The average Bonchev–Trinajstić information content (AvgIpc) is 2.97. The van der Waals surface area contributed by atoms with Gasteiger partial charge in [0.05, 0.1) is 7.11 Å². The first kappa shape index (κ1) is 16.4. The molecule has 1 aromatic heterocycles. The smallest absolute Gasteiger partial charge is 0.349 e. The molecule has 2 heterocycles. The van der Waals surface area contributed by atoms with Crippen molar-refractivity contribution < 1.29 is 23.1 Å². The standard InChI is InChI=1S/C13H19NO5S2/c1-19-13(16)12-11(5-8-20-12)21(17,18)14-6-2-3-10(9-14)4-7-15/h5,8,10,15H,2-4,6-7,9H2,1H3. The van der Waals surface area contributed by atoms with Gasteiger partial charge in [-0.25, -0.2) is 13.2 Å². The van der Waals surface area contributed by atoms with E-state index in [1.165, 1.54) is 17.5 Å². The van der Waals surface area contributed by atoms with Crippen LogP contribution < -0.4 is 0 Å². The lowest BCUT2D eigenvalue weighted by Gasteiger charge is -2.31. The number of methoxy groups -OCH3 is 1. The number of hydrogen-bond donors (Lipinski definition) is 1. The summed E-state index contributed by atoms with van der Waals surface area (Å²) in [6, 6.07) is 1.45. The molecule has 0 spiro atoms. The van der Waals surface area contributed by atoms with Gasteiger partial charge in [0.25, 0.3) is 0 Å². The van der Waals surface area contributed by atoms with Gasteiger partial charge in [-0.1, -0.05) is 0 Å². The molecular formula is C13H19NO5S2. The van der Waals surface area contributed by atoms with Crippen molar-refractivity contribution in [2.45, 2.75) is 24.2 Å². The van der Waals surface area contributed by atoms with Crippen LogP contribution in [0.25, 0.3) is 0 Å². The highest BCUT2D eigenvalue weighted by Crippen LogP contribution is 2.29. The van der Waals surface area contributed by atoms with Gasteiger partial charge >= 0.3 is 5.97 Å².